The molecule has 4 heteroatoms. The first-order valence-electron chi connectivity index (χ1n) is 6.30. The Morgan fingerprint density at radius 2 is 2.00 bits per heavy atom. The van der Waals surface area contributed by atoms with E-state index in [9.17, 15) is 9.18 Å². The monoisotopic (exact) mass is 252 g/mol. The van der Waals surface area contributed by atoms with Gasteiger partial charge in [-0.3, -0.25) is 4.79 Å². The number of halogens is 1. The molecule has 0 saturated carbocycles. The summed E-state index contributed by atoms with van der Waals surface area (Å²) in [6.07, 6.45) is 2.10. The summed E-state index contributed by atoms with van der Waals surface area (Å²) in [6, 6.07) is 6.45. The minimum absolute atomic E-state index is 0.0672. The van der Waals surface area contributed by atoms with Crippen molar-refractivity contribution in [2.45, 2.75) is 32.2 Å². The lowest BCUT2D eigenvalue weighted by Crippen LogP contribution is -2.34. The summed E-state index contributed by atoms with van der Waals surface area (Å²) < 4.78 is 12.7. The Bertz CT molecular complexity index is 365. The largest absolute Gasteiger partial charge is 0.353 e. The first-order valence-corrected chi connectivity index (χ1v) is 6.30. The van der Waals surface area contributed by atoms with Gasteiger partial charge in [0.05, 0.1) is 0 Å². The number of benzene rings is 1. The van der Waals surface area contributed by atoms with Crippen LogP contribution in [0.2, 0.25) is 0 Å². The van der Waals surface area contributed by atoms with E-state index in [1.807, 2.05) is 14.0 Å². The van der Waals surface area contributed by atoms with Crippen molar-refractivity contribution < 1.29 is 9.18 Å². The van der Waals surface area contributed by atoms with Gasteiger partial charge in [-0.25, -0.2) is 4.39 Å². The lowest BCUT2D eigenvalue weighted by molar-refractivity contribution is -0.121. The molecule has 0 unspecified atom stereocenters. The van der Waals surface area contributed by atoms with Crippen molar-refractivity contribution in [1.82, 2.24) is 10.6 Å². The molecule has 0 aliphatic rings. The van der Waals surface area contributed by atoms with E-state index in [1.165, 1.54) is 12.1 Å². The molecule has 1 rings (SSSR count). The highest BCUT2D eigenvalue weighted by atomic mass is 19.1. The summed E-state index contributed by atoms with van der Waals surface area (Å²) in [6.45, 7) is 2.80. The quantitative estimate of drug-likeness (QED) is 0.727. The highest BCUT2D eigenvalue weighted by molar-refractivity contribution is 5.76. The molecular weight excluding hydrogens is 231 g/mol. The summed E-state index contributed by atoms with van der Waals surface area (Å²) in [5, 5.41) is 5.95. The Kier molecular flexibility index (Phi) is 6.36. The van der Waals surface area contributed by atoms with Crippen molar-refractivity contribution in [3.63, 3.8) is 0 Å². The molecule has 0 saturated heterocycles. The fraction of sp³-hybridized carbons (Fsp3) is 0.500. The lowest BCUT2D eigenvalue weighted by atomic mass is 10.1. The van der Waals surface area contributed by atoms with Crippen LogP contribution in [0.15, 0.2) is 24.3 Å². The van der Waals surface area contributed by atoms with Gasteiger partial charge in [0, 0.05) is 12.5 Å². The minimum atomic E-state index is -0.234. The zero-order valence-electron chi connectivity index (χ0n) is 11.0. The van der Waals surface area contributed by atoms with Crippen LogP contribution in [0.4, 0.5) is 4.39 Å². The summed E-state index contributed by atoms with van der Waals surface area (Å²) in [4.78, 5) is 11.6. The molecule has 100 valence electrons. The van der Waals surface area contributed by atoms with Crippen LogP contribution < -0.4 is 10.6 Å². The number of carbonyl (C=O) groups excluding carboxylic acids is 1. The Morgan fingerprint density at radius 3 is 2.61 bits per heavy atom. The Morgan fingerprint density at radius 1 is 1.33 bits per heavy atom. The number of nitrogens with one attached hydrogen (secondary N) is 2. The molecule has 1 aromatic rings. The van der Waals surface area contributed by atoms with Gasteiger partial charge in [0.25, 0.3) is 0 Å². The molecule has 0 aromatic heterocycles. The molecule has 1 atom stereocenters. The first-order chi connectivity index (χ1) is 8.61. The fourth-order valence-corrected chi connectivity index (χ4v) is 1.80. The minimum Gasteiger partial charge on any atom is -0.353 e. The molecule has 0 bridgehead atoms. The van der Waals surface area contributed by atoms with E-state index in [0.29, 0.717) is 6.42 Å². The van der Waals surface area contributed by atoms with E-state index in [4.69, 9.17) is 0 Å². The van der Waals surface area contributed by atoms with Gasteiger partial charge in [-0.05, 0) is 51.1 Å². The maximum absolute atomic E-state index is 12.7. The molecule has 0 heterocycles. The van der Waals surface area contributed by atoms with E-state index < -0.39 is 0 Å². The van der Waals surface area contributed by atoms with Crippen LogP contribution in [-0.4, -0.2) is 25.5 Å². The van der Waals surface area contributed by atoms with Crippen molar-refractivity contribution in [2.24, 2.45) is 0 Å². The Hall–Kier alpha value is -1.42. The van der Waals surface area contributed by atoms with Crippen LogP contribution in [0, 0.1) is 5.82 Å². The van der Waals surface area contributed by atoms with E-state index in [2.05, 4.69) is 10.6 Å². The van der Waals surface area contributed by atoms with Crippen LogP contribution in [0.25, 0.3) is 0 Å². The molecule has 1 aromatic carbocycles. The summed E-state index contributed by atoms with van der Waals surface area (Å²) in [5.74, 6) is -0.164. The van der Waals surface area contributed by atoms with Crippen molar-refractivity contribution >= 4 is 5.91 Å². The highest BCUT2D eigenvalue weighted by Crippen LogP contribution is 2.05. The smallest absolute Gasteiger partial charge is 0.220 e. The molecule has 0 aliphatic carbocycles. The normalized spacial score (nSPS) is 12.2. The van der Waals surface area contributed by atoms with Gasteiger partial charge in [0.1, 0.15) is 5.82 Å². The van der Waals surface area contributed by atoms with Gasteiger partial charge in [-0.1, -0.05) is 12.1 Å². The van der Waals surface area contributed by atoms with Crippen molar-refractivity contribution in [3.8, 4) is 0 Å². The fourth-order valence-electron chi connectivity index (χ4n) is 1.80. The number of hydrogen-bond donors (Lipinski definition) is 2. The number of carbonyl (C=O) groups is 1. The SMILES string of the molecule is CNCCCC(=O)N[C@H](C)Cc1ccc(F)cc1. The zero-order chi connectivity index (χ0) is 13.4. The summed E-state index contributed by atoms with van der Waals surface area (Å²) in [7, 11) is 1.87. The van der Waals surface area contributed by atoms with E-state index in [0.717, 1.165) is 24.9 Å². The van der Waals surface area contributed by atoms with Crippen LogP contribution in [-0.2, 0) is 11.2 Å². The van der Waals surface area contributed by atoms with Gasteiger partial charge >= 0.3 is 0 Å². The maximum atomic E-state index is 12.7. The predicted octanol–water partition coefficient (Wildman–Crippen LogP) is 1.87. The first kappa shape index (κ1) is 14.6. The molecule has 0 spiro atoms. The van der Waals surface area contributed by atoms with Crippen LogP contribution in [0.5, 0.6) is 0 Å². The van der Waals surface area contributed by atoms with Crippen LogP contribution in [0.1, 0.15) is 25.3 Å². The van der Waals surface area contributed by atoms with Crippen molar-refractivity contribution in [2.75, 3.05) is 13.6 Å². The molecule has 3 nitrogen and oxygen atoms in total. The van der Waals surface area contributed by atoms with Crippen LogP contribution >= 0.6 is 0 Å². The van der Waals surface area contributed by atoms with E-state index in [-0.39, 0.29) is 17.8 Å². The average molecular weight is 252 g/mol. The lowest BCUT2D eigenvalue weighted by Gasteiger charge is -2.14. The van der Waals surface area contributed by atoms with E-state index in [1.54, 1.807) is 12.1 Å². The van der Waals surface area contributed by atoms with Crippen molar-refractivity contribution in [1.29, 1.82) is 0 Å². The van der Waals surface area contributed by atoms with Gasteiger partial charge in [0.2, 0.25) is 5.91 Å². The third kappa shape index (κ3) is 5.77. The summed E-state index contributed by atoms with van der Waals surface area (Å²) in [5.41, 5.74) is 1.03. The van der Waals surface area contributed by atoms with Gasteiger partial charge in [-0.15, -0.1) is 0 Å². The van der Waals surface area contributed by atoms with Crippen LogP contribution in [0.3, 0.4) is 0 Å². The van der Waals surface area contributed by atoms with Gasteiger partial charge in [0.15, 0.2) is 0 Å². The molecule has 1 amide bonds. The second-order valence-electron chi connectivity index (χ2n) is 4.51. The predicted molar refractivity (Wildman–Crippen MR) is 70.9 cm³/mol. The maximum Gasteiger partial charge on any atom is 0.220 e. The van der Waals surface area contributed by atoms with Crippen molar-refractivity contribution in [3.05, 3.63) is 35.6 Å². The second-order valence-corrected chi connectivity index (χ2v) is 4.51. The standard InChI is InChI=1S/C14H21FN2O/c1-11(17-14(18)4-3-9-16-2)10-12-5-7-13(15)8-6-12/h5-8,11,16H,3-4,9-10H2,1-2H3,(H,17,18)/t11-/m1/s1. The third-order valence-corrected chi connectivity index (χ3v) is 2.69. The highest BCUT2D eigenvalue weighted by Gasteiger charge is 2.07. The Balaban J connectivity index is 2.30. The molecule has 0 aliphatic heterocycles. The number of rotatable bonds is 7. The molecular formula is C14H21FN2O. The average Bonchev–Trinajstić information content (AvgIpc) is 2.32. The molecule has 0 radical (unpaired) electrons. The van der Waals surface area contributed by atoms with Gasteiger partial charge < -0.3 is 10.6 Å². The second kappa shape index (κ2) is 7.82. The zero-order valence-corrected chi connectivity index (χ0v) is 11.0. The molecule has 0 fully saturated rings. The number of hydrogen-bond acceptors (Lipinski definition) is 2. The number of amides is 1. The molecule has 2 N–H and O–H groups in total. The van der Waals surface area contributed by atoms with E-state index >= 15 is 0 Å². The topological polar surface area (TPSA) is 41.1 Å². The van der Waals surface area contributed by atoms with Gasteiger partial charge in [-0.2, -0.15) is 0 Å². The molecule has 18 heavy (non-hydrogen) atoms. The Labute approximate surface area is 108 Å². The summed E-state index contributed by atoms with van der Waals surface area (Å²) >= 11 is 0. The third-order valence-electron chi connectivity index (χ3n) is 2.69.